The maximum absolute atomic E-state index is 10.6. The lowest BCUT2D eigenvalue weighted by Gasteiger charge is -2.07. The molecule has 0 unspecified atom stereocenters. The summed E-state index contributed by atoms with van der Waals surface area (Å²) >= 11 is 0. The van der Waals surface area contributed by atoms with Gasteiger partial charge in [-0.3, -0.25) is 4.55 Å². The molecule has 1 aromatic carbocycles. The smallest absolute Gasteiger partial charge is 0.264 e. The van der Waals surface area contributed by atoms with Crippen LogP contribution in [0.2, 0.25) is 0 Å². The van der Waals surface area contributed by atoms with Gasteiger partial charge in [-0.25, -0.2) is 9.97 Å². The number of nitrogens with zero attached hydrogens (tertiary/aromatic N) is 2. The van der Waals surface area contributed by atoms with Gasteiger partial charge in [-0.05, 0) is 32.4 Å². The van der Waals surface area contributed by atoms with Crippen molar-refractivity contribution in [1.82, 2.24) is 9.97 Å². The zero-order chi connectivity index (χ0) is 14.8. The van der Waals surface area contributed by atoms with Crippen LogP contribution in [-0.4, -0.2) is 35.3 Å². The average molecular weight is 296 g/mol. The molecule has 7 heteroatoms. The van der Waals surface area contributed by atoms with E-state index in [0.717, 1.165) is 22.4 Å². The topological polar surface area (TPSA) is 89.4 Å². The Hall–Kier alpha value is -1.73. The Morgan fingerprint density at radius 2 is 1.80 bits per heavy atom. The SMILES string of the molecule is Cc1nc2ccc(OCCCS(=O)(=O)O)cc2nc1C. The van der Waals surface area contributed by atoms with Crippen molar-refractivity contribution >= 4 is 21.2 Å². The lowest BCUT2D eigenvalue weighted by atomic mass is 10.2. The van der Waals surface area contributed by atoms with Gasteiger partial charge in [-0.15, -0.1) is 0 Å². The number of benzene rings is 1. The minimum Gasteiger partial charge on any atom is -0.493 e. The molecule has 0 aliphatic carbocycles. The van der Waals surface area contributed by atoms with E-state index in [9.17, 15) is 8.42 Å². The molecule has 0 spiro atoms. The van der Waals surface area contributed by atoms with Gasteiger partial charge in [0.1, 0.15) is 5.75 Å². The summed E-state index contributed by atoms with van der Waals surface area (Å²) in [5.74, 6) is 0.295. The Morgan fingerprint density at radius 3 is 2.45 bits per heavy atom. The second kappa shape index (κ2) is 5.72. The Kier molecular flexibility index (Phi) is 4.20. The predicted octanol–water partition coefficient (Wildman–Crippen LogP) is 1.90. The Morgan fingerprint density at radius 1 is 1.15 bits per heavy atom. The summed E-state index contributed by atoms with van der Waals surface area (Å²) in [5.41, 5.74) is 3.28. The van der Waals surface area contributed by atoms with E-state index in [1.54, 1.807) is 12.1 Å². The van der Waals surface area contributed by atoms with Crippen molar-refractivity contribution in [3.05, 3.63) is 29.6 Å². The minimum atomic E-state index is -3.93. The van der Waals surface area contributed by atoms with Gasteiger partial charge in [0.05, 0.1) is 34.8 Å². The van der Waals surface area contributed by atoms with Crippen LogP contribution in [0.4, 0.5) is 0 Å². The molecule has 0 saturated heterocycles. The molecule has 0 atom stereocenters. The fourth-order valence-electron chi connectivity index (χ4n) is 1.73. The molecule has 0 aliphatic rings. The van der Waals surface area contributed by atoms with E-state index in [1.807, 2.05) is 19.9 Å². The maximum Gasteiger partial charge on any atom is 0.264 e. The summed E-state index contributed by atoms with van der Waals surface area (Å²) in [7, 11) is -3.93. The highest BCUT2D eigenvalue weighted by atomic mass is 32.2. The molecule has 6 nitrogen and oxygen atoms in total. The van der Waals surface area contributed by atoms with Crippen LogP contribution in [0, 0.1) is 13.8 Å². The van der Waals surface area contributed by atoms with Gasteiger partial charge in [0.15, 0.2) is 0 Å². The average Bonchev–Trinajstić information content (AvgIpc) is 2.35. The summed E-state index contributed by atoms with van der Waals surface area (Å²) in [4.78, 5) is 8.84. The quantitative estimate of drug-likeness (QED) is 0.669. The van der Waals surface area contributed by atoms with Crippen LogP contribution in [0.5, 0.6) is 5.75 Å². The van der Waals surface area contributed by atoms with E-state index in [4.69, 9.17) is 9.29 Å². The van der Waals surface area contributed by atoms with Crippen molar-refractivity contribution in [3.8, 4) is 5.75 Å². The van der Waals surface area contributed by atoms with Gasteiger partial charge in [0.2, 0.25) is 0 Å². The predicted molar refractivity (Wildman–Crippen MR) is 75.5 cm³/mol. The van der Waals surface area contributed by atoms with Crippen LogP contribution in [0.15, 0.2) is 18.2 Å². The van der Waals surface area contributed by atoms with Gasteiger partial charge in [-0.2, -0.15) is 8.42 Å². The van der Waals surface area contributed by atoms with Crippen molar-refractivity contribution < 1.29 is 17.7 Å². The third-order valence-electron chi connectivity index (χ3n) is 2.86. The van der Waals surface area contributed by atoms with Crippen LogP contribution < -0.4 is 4.74 Å². The maximum atomic E-state index is 10.6. The lowest BCUT2D eigenvalue weighted by molar-refractivity contribution is 0.316. The first kappa shape index (κ1) is 14.7. The molecule has 2 aromatic rings. The highest BCUT2D eigenvalue weighted by Crippen LogP contribution is 2.19. The fraction of sp³-hybridized carbons (Fsp3) is 0.385. The Labute approximate surface area is 117 Å². The highest BCUT2D eigenvalue weighted by molar-refractivity contribution is 7.85. The zero-order valence-corrected chi connectivity index (χ0v) is 12.1. The van der Waals surface area contributed by atoms with Gasteiger partial charge in [0.25, 0.3) is 10.1 Å². The first-order chi connectivity index (χ1) is 9.35. The number of rotatable bonds is 5. The van der Waals surface area contributed by atoms with Crippen molar-refractivity contribution in [2.24, 2.45) is 0 Å². The van der Waals surface area contributed by atoms with Gasteiger partial charge < -0.3 is 4.74 Å². The third-order valence-corrected chi connectivity index (χ3v) is 3.67. The number of hydrogen-bond donors (Lipinski definition) is 1. The number of aryl methyl sites for hydroxylation is 2. The number of hydrogen-bond acceptors (Lipinski definition) is 5. The summed E-state index contributed by atoms with van der Waals surface area (Å²) < 4.78 is 35.2. The number of aromatic nitrogens is 2. The molecule has 2 rings (SSSR count). The second-order valence-electron chi connectivity index (χ2n) is 4.53. The molecule has 0 amide bonds. The highest BCUT2D eigenvalue weighted by Gasteiger charge is 2.06. The second-order valence-corrected chi connectivity index (χ2v) is 6.11. The van der Waals surface area contributed by atoms with Crippen LogP contribution in [0.25, 0.3) is 11.0 Å². The first-order valence-electron chi connectivity index (χ1n) is 6.18. The van der Waals surface area contributed by atoms with Crippen molar-refractivity contribution in [2.45, 2.75) is 20.3 Å². The van der Waals surface area contributed by atoms with Crippen molar-refractivity contribution in [2.75, 3.05) is 12.4 Å². The summed E-state index contributed by atoms with van der Waals surface area (Å²) in [6, 6.07) is 5.34. The van der Waals surface area contributed by atoms with Crippen molar-refractivity contribution in [1.29, 1.82) is 0 Å². The molecule has 0 aliphatic heterocycles. The minimum absolute atomic E-state index is 0.212. The van der Waals surface area contributed by atoms with E-state index in [-0.39, 0.29) is 18.8 Å². The van der Waals surface area contributed by atoms with Gasteiger partial charge >= 0.3 is 0 Å². The molecule has 0 fully saturated rings. The Bertz CT molecular complexity index is 728. The van der Waals surface area contributed by atoms with E-state index in [1.165, 1.54) is 0 Å². The Balaban J connectivity index is 2.06. The first-order valence-corrected chi connectivity index (χ1v) is 7.79. The normalized spacial score (nSPS) is 11.8. The standard InChI is InChI=1S/C13H16N2O4S/c1-9-10(2)15-13-8-11(4-5-12(13)14-9)19-6-3-7-20(16,17)18/h4-5,8H,3,6-7H2,1-2H3,(H,16,17,18). The molecule has 20 heavy (non-hydrogen) atoms. The van der Waals surface area contributed by atoms with E-state index in [0.29, 0.717) is 5.75 Å². The molecule has 1 aromatic heterocycles. The third kappa shape index (κ3) is 3.88. The largest absolute Gasteiger partial charge is 0.493 e. The summed E-state index contributed by atoms with van der Waals surface area (Å²) in [6.07, 6.45) is 0.232. The van der Waals surface area contributed by atoms with Crippen LogP contribution in [-0.2, 0) is 10.1 Å². The van der Waals surface area contributed by atoms with Crippen LogP contribution in [0.1, 0.15) is 17.8 Å². The van der Waals surface area contributed by atoms with Gasteiger partial charge in [-0.1, -0.05) is 0 Å². The zero-order valence-electron chi connectivity index (χ0n) is 11.3. The molecule has 108 valence electrons. The number of ether oxygens (including phenoxy) is 1. The number of fused-ring (bicyclic) bond motifs is 1. The van der Waals surface area contributed by atoms with Crippen LogP contribution in [0.3, 0.4) is 0 Å². The van der Waals surface area contributed by atoms with Gasteiger partial charge in [0, 0.05) is 6.07 Å². The fourth-order valence-corrected chi connectivity index (χ4v) is 2.21. The monoisotopic (exact) mass is 296 g/mol. The summed E-state index contributed by atoms with van der Waals surface area (Å²) in [5, 5.41) is 0. The molecule has 1 heterocycles. The molecule has 0 radical (unpaired) electrons. The van der Waals surface area contributed by atoms with E-state index in [2.05, 4.69) is 9.97 Å². The molecular weight excluding hydrogens is 280 g/mol. The molecule has 0 bridgehead atoms. The molecule has 1 N–H and O–H groups in total. The molecular formula is C13H16N2O4S. The van der Waals surface area contributed by atoms with Crippen LogP contribution >= 0.6 is 0 Å². The summed E-state index contributed by atoms with van der Waals surface area (Å²) in [6.45, 7) is 4.01. The van der Waals surface area contributed by atoms with E-state index < -0.39 is 10.1 Å². The molecule has 0 saturated carbocycles. The lowest BCUT2D eigenvalue weighted by Crippen LogP contribution is -2.08. The van der Waals surface area contributed by atoms with Crippen molar-refractivity contribution in [3.63, 3.8) is 0 Å². The van der Waals surface area contributed by atoms with E-state index >= 15 is 0 Å².